The van der Waals surface area contributed by atoms with Gasteiger partial charge in [0.25, 0.3) is 0 Å². The van der Waals surface area contributed by atoms with E-state index >= 15 is 0 Å². The van der Waals surface area contributed by atoms with Gasteiger partial charge in [0.05, 0.1) is 6.54 Å². The Morgan fingerprint density at radius 2 is 2.25 bits per heavy atom. The van der Waals surface area contributed by atoms with E-state index in [0.717, 1.165) is 0 Å². The number of nitrogens with zero attached hydrogens (tertiary/aromatic N) is 3. The third kappa shape index (κ3) is 2.91. The van der Waals surface area contributed by atoms with Gasteiger partial charge in [0.15, 0.2) is 5.34 Å². The predicted octanol–water partition coefficient (Wildman–Crippen LogP) is 0.587. The number of rotatable bonds is 5. The zero-order valence-electron chi connectivity index (χ0n) is 6.30. The summed E-state index contributed by atoms with van der Waals surface area (Å²) in [7, 11) is 0. The van der Waals surface area contributed by atoms with E-state index in [1.165, 1.54) is 0 Å². The zero-order valence-corrected chi connectivity index (χ0v) is 6.30. The van der Waals surface area contributed by atoms with E-state index in [1.807, 2.05) is 0 Å². The van der Waals surface area contributed by atoms with Gasteiger partial charge in [0.2, 0.25) is 5.95 Å². The standard InChI is InChI=1S/C6H8N4O2/c11-10-12-5-4-9-6-7-2-1-3-8-6/h1-3H,4-5H2,(H,7,8,9). The molecule has 0 amide bonds. The first kappa shape index (κ1) is 8.38. The van der Waals surface area contributed by atoms with Gasteiger partial charge in [-0.25, -0.2) is 9.97 Å². The van der Waals surface area contributed by atoms with Crippen LogP contribution in [0.1, 0.15) is 0 Å². The molecule has 0 saturated heterocycles. The molecule has 1 rings (SSSR count). The van der Waals surface area contributed by atoms with Crippen LogP contribution in [0.4, 0.5) is 5.95 Å². The van der Waals surface area contributed by atoms with Crippen molar-refractivity contribution >= 4 is 5.95 Å². The van der Waals surface area contributed by atoms with Gasteiger partial charge in [-0.2, -0.15) is 0 Å². The van der Waals surface area contributed by atoms with Crippen molar-refractivity contribution in [1.82, 2.24) is 9.97 Å². The maximum Gasteiger partial charge on any atom is 0.222 e. The average Bonchev–Trinajstić information content (AvgIpc) is 2.14. The molecule has 12 heavy (non-hydrogen) atoms. The average molecular weight is 168 g/mol. The SMILES string of the molecule is O=NOCCNc1ncccn1. The topological polar surface area (TPSA) is 76.5 Å². The second-order valence-corrected chi connectivity index (χ2v) is 1.91. The van der Waals surface area contributed by atoms with Crippen LogP contribution in [-0.4, -0.2) is 23.1 Å². The summed E-state index contributed by atoms with van der Waals surface area (Å²) < 4.78 is 0. The highest BCUT2D eigenvalue weighted by Gasteiger charge is 1.91. The van der Waals surface area contributed by atoms with E-state index in [1.54, 1.807) is 18.5 Å². The van der Waals surface area contributed by atoms with Crippen LogP contribution in [0.3, 0.4) is 0 Å². The summed E-state index contributed by atoms with van der Waals surface area (Å²) in [5.41, 5.74) is 0. The second kappa shape index (κ2) is 5.00. The lowest BCUT2D eigenvalue weighted by atomic mass is 10.6. The summed E-state index contributed by atoms with van der Waals surface area (Å²) >= 11 is 0. The molecule has 0 atom stereocenters. The van der Waals surface area contributed by atoms with E-state index in [-0.39, 0.29) is 6.61 Å². The molecule has 1 aromatic heterocycles. The second-order valence-electron chi connectivity index (χ2n) is 1.91. The zero-order chi connectivity index (χ0) is 8.65. The maximum atomic E-state index is 9.48. The van der Waals surface area contributed by atoms with Crippen molar-refractivity contribution < 1.29 is 4.84 Å². The summed E-state index contributed by atoms with van der Waals surface area (Å²) in [5.74, 6) is 0.506. The number of anilines is 1. The Hall–Kier alpha value is -1.72. The van der Waals surface area contributed by atoms with Crippen molar-refractivity contribution in [1.29, 1.82) is 0 Å². The number of hydrogen-bond donors (Lipinski definition) is 1. The molecule has 0 aliphatic rings. The molecule has 6 heteroatoms. The van der Waals surface area contributed by atoms with Crippen molar-refractivity contribution in [3.05, 3.63) is 23.4 Å². The Labute approximate surface area is 68.9 Å². The minimum atomic E-state index is 0.210. The number of hydrogen-bond acceptors (Lipinski definition) is 6. The Kier molecular flexibility index (Phi) is 3.49. The summed E-state index contributed by atoms with van der Waals surface area (Å²) in [4.78, 5) is 21.5. The fourth-order valence-corrected chi connectivity index (χ4v) is 0.636. The highest BCUT2D eigenvalue weighted by atomic mass is 16.7. The van der Waals surface area contributed by atoms with Crippen molar-refractivity contribution in [3.63, 3.8) is 0 Å². The van der Waals surface area contributed by atoms with Crippen LogP contribution in [0.25, 0.3) is 0 Å². The van der Waals surface area contributed by atoms with Gasteiger partial charge < -0.3 is 10.2 Å². The predicted molar refractivity (Wildman–Crippen MR) is 42.3 cm³/mol. The first-order valence-electron chi connectivity index (χ1n) is 3.39. The van der Waals surface area contributed by atoms with Crippen molar-refractivity contribution in [2.24, 2.45) is 5.34 Å². The molecular weight excluding hydrogens is 160 g/mol. The molecule has 0 radical (unpaired) electrons. The van der Waals surface area contributed by atoms with Crippen LogP contribution < -0.4 is 5.32 Å². The fourth-order valence-electron chi connectivity index (χ4n) is 0.636. The lowest BCUT2D eigenvalue weighted by Crippen LogP contribution is -2.09. The van der Waals surface area contributed by atoms with Gasteiger partial charge in [0, 0.05) is 12.4 Å². The third-order valence-corrected chi connectivity index (χ3v) is 1.09. The number of nitrogens with one attached hydrogen (secondary N) is 1. The van der Waals surface area contributed by atoms with Gasteiger partial charge in [-0.3, -0.25) is 0 Å². The lowest BCUT2D eigenvalue weighted by molar-refractivity contribution is 0.150. The molecule has 1 N–H and O–H groups in total. The van der Waals surface area contributed by atoms with Gasteiger partial charge in [0.1, 0.15) is 6.61 Å². The summed E-state index contributed by atoms with van der Waals surface area (Å²) in [5, 5.41) is 5.07. The van der Waals surface area contributed by atoms with Crippen LogP contribution >= 0.6 is 0 Å². The van der Waals surface area contributed by atoms with E-state index in [2.05, 4.69) is 25.5 Å². The molecule has 0 saturated carbocycles. The first-order valence-corrected chi connectivity index (χ1v) is 3.39. The molecule has 64 valence electrons. The number of aromatic nitrogens is 2. The molecule has 0 unspecified atom stereocenters. The van der Waals surface area contributed by atoms with Crippen LogP contribution in [0.15, 0.2) is 23.8 Å². The summed E-state index contributed by atoms with van der Waals surface area (Å²) in [6, 6.07) is 1.72. The highest BCUT2D eigenvalue weighted by molar-refractivity contribution is 5.21. The molecule has 0 aliphatic heterocycles. The summed E-state index contributed by atoms with van der Waals surface area (Å²) in [6.45, 7) is 0.664. The van der Waals surface area contributed by atoms with Crippen molar-refractivity contribution in [3.8, 4) is 0 Å². The molecule has 0 aromatic carbocycles. The molecule has 1 aromatic rings. The van der Waals surface area contributed by atoms with E-state index < -0.39 is 0 Å². The highest BCUT2D eigenvalue weighted by Crippen LogP contribution is 1.91. The molecular formula is C6H8N4O2. The molecule has 6 nitrogen and oxygen atoms in total. The molecule has 0 fully saturated rings. The first-order chi connectivity index (χ1) is 5.93. The smallest absolute Gasteiger partial charge is 0.222 e. The lowest BCUT2D eigenvalue weighted by Gasteiger charge is -2.00. The minimum Gasteiger partial charge on any atom is -0.362 e. The van der Waals surface area contributed by atoms with Gasteiger partial charge in [-0.05, 0) is 6.07 Å². The van der Waals surface area contributed by atoms with Crippen molar-refractivity contribution in [2.75, 3.05) is 18.5 Å². The van der Waals surface area contributed by atoms with E-state index in [9.17, 15) is 4.91 Å². The van der Waals surface area contributed by atoms with Gasteiger partial charge in [-0.15, -0.1) is 4.91 Å². The van der Waals surface area contributed by atoms with Gasteiger partial charge >= 0.3 is 0 Å². The fraction of sp³-hybridized carbons (Fsp3) is 0.333. The van der Waals surface area contributed by atoms with Crippen LogP contribution in [0, 0.1) is 4.91 Å². The van der Waals surface area contributed by atoms with E-state index in [4.69, 9.17) is 0 Å². The van der Waals surface area contributed by atoms with Gasteiger partial charge in [-0.1, -0.05) is 0 Å². The minimum absolute atomic E-state index is 0.210. The maximum absolute atomic E-state index is 9.48. The molecule has 1 heterocycles. The molecule has 0 aliphatic carbocycles. The molecule has 0 bridgehead atoms. The largest absolute Gasteiger partial charge is 0.362 e. The Balaban J connectivity index is 2.20. The van der Waals surface area contributed by atoms with Crippen LogP contribution in [-0.2, 0) is 4.84 Å². The molecule has 0 spiro atoms. The van der Waals surface area contributed by atoms with E-state index in [0.29, 0.717) is 12.5 Å². The Bertz CT molecular complexity index is 228. The monoisotopic (exact) mass is 168 g/mol. The Morgan fingerprint density at radius 1 is 1.50 bits per heavy atom. The quantitative estimate of drug-likeness (QED) is 0.395. The third-order valence-electron chi connectivity index (χ3n) is 1.09. The van der Waals surface area contributed by atoms with Crippen LogP contribution in [0.5, 0.6) is 0 Å². The van der Waals surface area contributed by atoms with Crippen molar-refractivity contribution in [2.45, 2.75) is 0 Å². The van der Waals surface area contributed by atoms with Crippen LogP contribution in [0.2, 0.25) is 0 Å². The normalized spacial score (nSPS) is 9.00. The Morgan fingerprint density at radius 3 is 2.92 bits per heavy atom. The summed E-state index contributed by atoms with van der Waals surface area (Å²) in [6.07, 6.45) is 3.24.